The summed E-state index contributed by atoms with van der Waals surface area (Å²) in [6.45, 7) is 4.30. The lowest BCUT2D eigenvalue weighted by Crippen LogP contribution is -2.03. The molecule has 0 fully saturated rings. The van der Waals surface area contributed by atoms with Crippen LogP contribution in [0, 0.1) is 0 Å². The summed E-state index contributed by atoms with van der Waals surface area (Å²) in [4.78, 5) is 8.80. The van der Waals surface area contributed by atoms with Gasteiger partial charge >= 0.3 is 0 Å². The number of nitrogen functional groups attached to an aromatic ring is 1. The molecule has 0 aliphatic heterocycles. The molecule has 3 aromatic rings. The molecule has 3 rings (SSSR count). The Kier molecular flexibility index (Phi) is 3.22. The second-order valence-corrected chi connectivity index (χ2v) is 5.92. The van der Waals surface area contributed by atoms with E-state index in [0.29, 0.717) is 11.9 Å². The average molecular weight is 331 g/mol. The van der Waals surface area contributed by atoms with Gasteiger partial charge in [0, 0.05) is 22.3 Å². The van der Waals surface area contributed by atoms with Crippen molar-refractivity contribution in [1.29, 1.82) is 0 Å². The first-order chi connectivity index (χ1) is 9.56. The molecular formula is C15H15BrN4. The van der Waals surface area contributed by atoms with Gasteiger partial charge in [-0.15, -0.1) is 0 Å². The van der Waals surface area contributed by atoms with Crippen molar-refractivity contribution in [2.75, 3.05) is 5.73 Å². The highest BCUT2D eigenvalue weighted by Gasteiger charge is 2.15. The number of pyridine rings is 1. The molecule has 1 aromatic carbocycles. The first kappa shape index (κ1) is 13.1. The summed E-state index contributed by atoms with van der Waals surface area (Å²) in [5.41, 5.74) is 8.86. The zero-order valence-electron chi connectivity index (χ0n) is 11.3. The molecule has 0 saturated heterocycles. The molecule has 5 heteroatoms. The number of fused-ring (bicyclic) bond motifs is 1. The number of nitrogens with zero attached hydrogens (tertiary/aromatic N) is 3. The maximum absolute atomic E-state index is 5.78. The van der Waals surface area contributed by atoms with E-state index in [4.69, 9.17) is 10.7 Å². The SMILES string of the molecule is CC(C)n1c(-c2ccnc(N)c2)nc2cc(Br)ccc21. The van der Waals surface area contributed by atoms with Gasteiger partial charge in [-0.05, 0) is 44.2 Å². The van der Waals surface area contributed by atoms with Crippen LogP contribution in [0.5, 0.6) is 0 Å². The lowest BCUT2D eigenvalue weighted by atomic mass is 10.2. The molecule has 2 heterocycles. The quantitative estimate of drug-likeness (QED) is 0.771. The molecule has 0 aliphatic rings. The van der Waals surface area contributed by atoms with E-state index in [9.17, 15) is 0 Å². The molecule has 0 amide bonds. The minimum atomic E-state index is 0.311. The fraction of sp³-hybridized carbons (Fsp3) is 0.200. The van der Waals surface area contributed by atoms with Crippen LogP contribution in [-0.4, -0.2) is 14.5 Å². The van der Waals surface area contributed by atoms with Crippen molar-refractivity contribution in [2.45, 2.75) is 19.9 Å². The molecule has 0 radical (unpaired) electrons. The minimum Gasteiger partial charge on any atom is -0.384 e. The van der Waals surface area contributed by atoms with Gasteiger partial charge in [0.05, 0.1) is 11.0 Å². The first-order valence-electron chi connectivity index (χ1n) is 6.45. The van der Waals surface area contributed by atoms with E-state index in [1.165, 1.54) is 0 Å². The van der Waals surface area contributed by atoms with Crippen LogP contribution in [0.25, 0.3) is 22.4 Å². The maximum Gasteiger partial charge on any atom is 0.141 e. The molecule has 0 saturated carbocycles. The lowest BCUT2D eigenvalue weighted by Gasteiger charge is -2.13. The molecule has 0 aliphatic carbocycles. The summed E-state index contributed by atoms with van der Waals surface area (Å²) < 4.78 is 3.25. The first-order valence-corrected chi connectivity index (χ1v) is 7.25. The van der Waals surface area contributed by atoms with Crippen molar-refractivity contribution in [3.05, 3.63) is 41.0 Å². The predicted molar refractivity (Wildman–Crippen MR) is 85.5 cm³/mol. The zero-order valence-corrected chi connectivity index (χ0v) is 12.9. The molecule has 4 nitrogen and oxygen atoms in total. The van der Waals surface area contributed by atoms with Crippen LogP contribution in [-0.2, 0) is 0 Å². The molecule has 0 atom stereocenters. The average Bonchev–Trinajstić information content (AvgIpc) is 2.77. The number of aromatic nitrogens is 3. The molecule has 102 valence electrons. The Bertz CT molecular complexity index is 777. The van der Waals surface area contributed by atoms with Crippen molar-refractivity contribution in [3.63, 3.8) is 0 Å². The highest BCUT2D eigenvalue weighted by atomic mass is 79.9. The van der Waals surface area contributed by atoms with Gasteiger partial charge in [-0.2, -0.15) is 0 Å². The number of hydrogen-bond donors (Lipinski definition) is 1. The number of nitrogens with two attached hydrogens (primary N) is 1. The van der Waals surface area contributed by atoms with E-state index >= 15 is 0 Å². The Morgan fingerprint density at radius 2 is 2.00 bits per heavy atom. The van der Waals surface area contributed by atoms with Gasteiger partial charge in [-0.25, -0.2) is 9.97 Å². The topological polar surface area (TPSA) is 56.7 Å². The van der Waals surface area contributed by atoms with Gasteiger partial charge in [0.15, 0.2) is 0 Å². The Labute approximate surface area is 125 Å². The van der Waals surface area contributed by atoms with Crippen molar-refractivity contribution < 1.29 is 0 Å². The van der Waals surface area contributed by atoms with Crippen LogP contribution >= 0.6 is 15.9 Å². The second kappa shape index (κ2) is 4.90. The summed E-state index contributed by atoms with van der Waals surface area (Å²) in [7, 11) is 0. The van der Waals surface area contributed by atoms with Crippen LogP contribution in [0.15, 0.2) is 41.0 Å². The maximum atomic E-state index is 5.78. The molecule has 0 spiro atoms. The van der Waals surface area contributed by atoms with Crippen molar-refractivity contribution in [3.8, 4) is 11.4 Å². The molecule has 20 heavy (non-hydrogen) atoms. The molecule has 2 N–H and O–H groups in total. The van der Waals surface area contributed by atoms with E-state index in [1.807, 2.05) is 24.3 Å². The summed E-state index contributed by atoms with van der Waals surface area (Å²) in [5, 5.41) is 0. The van der Waals surface area contributed by atoms with Gasteiger partial charge in [0.1, 0.15) is 11.6 Å². The minimum absolute atomic E-state index is 0.311. The van der Waals surface area contributed by atoms with Crippen LogP contribution in [0.2, 0.25) is 0 Å². The van der Waals surface area contributed by atoms with E-state index < -0.39 is 0 Å². The third kappa shape index (κ3) is 2.18. The number of benzene rings is 1. The molecule has 0 unspecified atom stereocenters. The Hall–Kier alpha value is -1.88. The van der Waals surface area contributed by atoms with Gasteiger partial charge in [0.2, 0.25) is 0 Å². The number of rotatable bonds is 2. The van der Waals surface area contributed by atoms with Crippen LogP contribution in [0.1, 0.15) is 19.9 Å². The third-order valence-corrected chi connectivity index (χ3v) is 3.70. The Morgan fingerprint density at radius 3 is 2.70 bits per heavy atom. The number of hydrogen-bond acceptors (Lipinski definition) is 3. The number of anilines is 1. The largest absolute Gasteiger partial charge is 0.384 e. The number of imidazole rings is 1. The summed E-state index contributed by atoms with van der Waals surface area (Å²) in [6.07, 6.45) is 1.71. The van der Waals surface area contributed by atoms with Crippen LogP contribution in [0.4, 0.5) is 5.82 Å². The molecule has 0 bridgehead atoms. The van der Waals surface area contributed by atoms with Crippen LogP contribution < -0.4 is 5.73 Å². The van der Waals surface area contributed by atoms with Gasteiger partial charge < -0.3 is 10.3 Å². The highest BCUT2D eigenvalue weighted by Crippen LogP contribution is 2.30. The van der Waals surface area contributed by atoms with E-state index in [-0.39, 0.29) is 0 Å². The predicted octanol–water partition coefficient (Wildman–Crippen LogP) is 4.02. The van der Waals surface area contributed by atoms with E-state index in [1.54, 1.807) is 6.20 Å². The standard InChI is InChI=1S/C15H15BrN4/c1-9(2)20-13-4-3-11(16)8-12(13)19-15(20)10-5-6-18-14(17)7-10/h3-9H,1-2H3,(H2,17,18). The van der Waals surface area contributed by atoms with Gasteiger partial charge in [0.25, 0.3) is 0 Å². The normalized spacial score (nSPS) is 11.4. The van der Waals surface area contributed by atoms with Gasteiger partial charge in [-0.3, -0.25) is 0 Å². The zero-order chi connectivity index (χ0) is 14.3. The van der Waals surface area contributed by atoms with Crippen molar-refractivity contribution in [1.82, 2.24) is 14.5 Å². The number of halogens is 1. The molecular weight excluding hydrogens is 316 g/mol. The summed E-state index contributed by atoms with van der Waals surface area (Å²) in [5.74, 6) is 1.42. The van der Waals surface area contributed by atoms with Gasteiger partial charge in [-0.1, -0.05) is 15.9 Å². The lowest BCUT2D eigenvalue weighted by molar-refractivity contribution is 0.624. The second-order valence-electron chi connectivity index (χ2n) is 5.00. The smallest absolute Gasteiger partial charge is 0.141 e. The highest BCUT2D eigenvalue weighted by molar-refractivity contribution is 9.10. The van der Waals surface area contributed by atoms with E-state index in [0.717, 1.165) is 26.9 Å². The summed E-state index contributed by atoms with van der Waals surface area (Å²) in [6, 6.07) is 10.3. The Balaban J connectivity index is 2.32. The fourth-order valence-electron chi connectivity index (χ4n) is 2.39. The molecule has 2 aromatic heterocycles. The monoisotopic (exact) mass is 330 g/mol. The van der Waals surface area contributed by atoms with E-state index in [2.05, 4.69) is 45.4 Å². The Morgan fingerprint density at radius 1 is 1.20 bits per heavy atom. The fourth-order valence-corrected chi connectivity index (χ4v) is 2.73. The van der Waals surface area contributed by atoms with Crippen molar-refractivity contribution in [2.24, 2.45) is 0 Å². The third-order valence-electron chi connectivity index (χ3n) is 3.21. The van der Waals surface area contributed by atoms with Crippen molar-refractivity contribution >= 4 is 32.8 Å². The van der Waals surface area contributed by atoms with Crippen LogP contribution in [0.3, 0.4) is 0 Å². The summed E-state index contributed by atoms with van der Waals surface area (Å²) >= 11 is 3.49.